The van der Waals surface area contributed by atoms with Crippen LogP contribution in [0.1, 0.15) is 24.1 Å². The van der Waals surface area contributed by atoms with E-state index in [0.29, 0.717) is 5.15 Å². The van der Waals surface area contributed by atoms with Gasteiger partial charge < -0.3 is 10.8 Å². The van der Waals surface area contributed by atoms with Crippen LogP contribution in [-0.2, 0) is 10.2 Å². The third kappa shape index (κ3) is 1.79. The summed E-state index contributed by atoms with van der Waals surface area (Å²) in [6, 6.07) is 2.71. The highest BCUT2D eigenvalue weighted by molar-refractivity contribution is 6.29. The van der Waals surface area contributed by atoms with Gasteiger partial charge >= 0.3 is 5.97 Å². The Balaban J connectivity index is 2.40. The zero-order valence-electron chi connectivity index (χ0n) is 8.90. The average molecular weight is 241 g/mol. The van der Waals surface area contributed by atoms with E-state index < -0.39 is 17.4 Å². The number of aliphatic carboxylic acids is 1. The van der Waals surface area contributed by atoms with Gasteiger partial charge in [-0.1, -0.05) is 11.6 Å². The van der Waals surface area contributed by atoms with Crippen LogP contribution in [-0.4, -0.2) is 22.1 Å². The third-order valence-electron chi connectivity index (χ3n) is 3.15. The molecule has 4 nitrogen and oxygen atoms in total. The number of carboxylic acid groups (broad SMARTS) is 1. The smallest absolute Gasteiger partial charge is 0.321 e. The number of carbonyl (C=O) groups is 1. The van der Waals surface area contributed by atoms with Crippen LogP contribution in [0, 0.1) is 6.92 Å². The summed E-state index contributed by atoms with van der Waals surface area (Å²) in [6.45, 7) is 1.83. The molecule has 0 saturated heterocycles. The molecule has 86 valence electrons. The van der Waals surface area contributed by atoms with Gasteiger partial charge in [-0.15, -0.1) is 0 Å². The molecule has 16 heavy (non-hydrogen) atoms. The predicted molar refractivity (Wildman–Crippen MR) is 60.5 cm³/mol. The van der Waals surface area contributed by atoms with E-state index in [1.807, 2.05) is 13.0 Å². The molecular weight excluding hydrogens is 228 g/mol. The lowest BCUT2D eigenvalue weighted by molar-refractivity contribution is -0.139. The summed E-state index contributed by atoms with van der Waals surface area (Å²) in [6.07, 6.45) is 1.58. The molecule has 1 saturated carbocycles. The molecular formula is C11H13ClN2O2. The molecule has 1 fully saturated rings. The van der Waals surface area contributed by atoms with Crippen molar-refractivity contribution in [3.63, 3.8) is 0 Å². The van der Waals surface area contributed by atoms with E-state index in [2.05, 4.69) is 4.98 Å². The van der Waals surface area contributed by atoms with Crippen LogP contribution in [0.5, 0.6) is 0 Å². The quantitative estimate of drug-likeness (QED) is 0.785. The van der Waals surface area contributed by atoms with Gasteiger partial charge in [-0.2, -0.15) is 0 Å². The topological polar surface area (TPSA) is 76.2 Å². The van der Waals surface area contributed by atoms with Crippen molar-refractivity contribution >= 4 is 17.6 Å². The molecule has 2 rings (SSSR count). The first kappa shape index (κ1) is 11.4. The molecule has 5 heteroatoms. The summed E-state index contributed by atoms with van der Waals surface area (Å²) in [7, 11) is 0. The molecule has 0 spiro atoms. The standard InChI is InChI=1S/C11H13ClN2O2/c1-6-4-7(5-8(12)14-6)11(2-3-11)9(13)10(15)16/h4-5,9H,2-3,13H2,1H3,(H,15,16). The van der Waals surface area contributed by atoms with Gasteiger partial charge in [0.1, 0.15) is 11.2 Å². The summed E-state index contributed by atoms with van der Waals surface area (Å²) >= 11 is 5.87. The Morgan fingerprint density at radius 2 is 2.25 bits per heavy atom. The summed E-state index contributed by atoms with van der Waals surface area (Å²) < 4.78 is 0. The van der Waals surface area contributed by atoms with Crippen molar-refractivity contribution in [2.45, 2.75) is 31.2 Å². The maximum Gasteiger partial charge on any atom is 0.321 e. The van der Waals surface area contributed by atoms with E-state index in [9.17, 15) is 4.79 Å². The number of carboxylic acids is 1. The van der Waals surface area contributed by atoms with Gasteiger partial charge in [0.2, 0.25) is 0 Å². The number of hydrogen-bond donors (Lipinski definition) is 2. The van der Waals surface area contributed by atoms with Crippen molar-refractivity contribution in [1.82, 2.24) is 4.98 Å². The normalized spacial score (nSPS) is 19.2. The second-order valence-corrected chi connectivity index (χ2v) is 4.68. The van der Waals surface area contributed by atoms with Crippen molar-refractivity contribution < 1.29 is 9.90 Å². The van der Waals surface area contributed by atoms with Crippen molar-refractivity contribution in [2.24, 2.45) is 5.73 Å². The third-order valence-corrected chi connectivity index (χ3v) is 3.34. The second kappa shape index (κ2) is 3.71. The lowest BCUT2D eigenvalue weighted by atomic mass is 9.89. The van der Waals surface area contributed by atoms with Crippen molar-refractivity contribution in [3.05, 3.63) is 28.5 Å². The zero-order chi connectivity index (χ0) is 11.9. The first-order valence-corrected chi connectivity index (χ1v) is 5.46. The van der Waals surface area contributed by atoms with Gasteiger partial charge in [-0.05, 0) is 37.5 Å². The minimum absolute atomic E-state index is 0.388. The summed E-state index contributed by atoms with van der Waals surface area (Å²) in [5, 5.41) is 9.37. The Kier molecular flexibility index (Phi) is 2.64. The Labute approximate surface area is 98.4 Å². The molecule has 0 amide bonds. The number of aromatic nitrogens is 1. The summed E-state index contributed by atoms with van der Waals surface area (Å²) in [4.78, 5) is 15.0. The Bertz CT molecular complexity index is 423. The minimum Gasteiger partial charge on any atom is -0.480 e. The Morgan fingerprint density at radius 3 is 2.69 bits per heavy atom. The number of nitrogens with zero attached hydrogens (tertiary/aromatic N) is 1. The molecule has 3 N–H and O–H groups in total. The molecule has 1 aliphatic rings. The largest absolute Gasteiger partial charge is 0.480 e. The lowest BCUT2D eigenvalue weighted by Gasteiger charge is -2.20. The maximum absolute atomic E-state index is 11.0. The maximum atomic E-state index is 11.0. The molecule has 0 aromatic carbocycles. The van der Waals surface area contributed by atoms with E-state index in [0.717, 1.165) is 24.1 Å². The van der Waals surface area contributed by atoms with Gasteiger partial charge in [0.15, 0.2) is 0 Å². The van der Waals surface area contributed by atoms with E-state index in [1.54, 1.807) is 6.07 Å². The number of nitrogens with two attached hydrogens (primary N) is 1. The van der Waals surface area contributed by atoms with Crippen LogP contribution >= 0.6 is 11.6 Å². The highest BCUT2D eigenvalue weighted by Crippen LogP contribution is 2.50. The van der Waals surface area contributed by atoms with Gasteiger partial charge in [0.05, 0.1) is 0 Å². The van der Waals surface area contributed by atoms with Crippen LogP contribution in [0.3, 0.4) is 0 Å². The molecule has 1 atom stereocenters. The molecule has 1 unspecified atom stereocenters. The number of rotatable bonds is 3. The highest BCUT2D eigenvalue weighted by Gasteiger charge is 2.52. The molecule has 1 aliphatic carbocycles. The summed E-state index contributed by atoms with van der Waals surface area (Å²) in [5.74, 6) is -0.969. The first-order chi connectivity index (χ1) is 7.45. The predicted octanol–water partition coefficient (Wildman–Crippen LogP) is 1.49. The SMILES string of the molecule is Cc1cc(C2(C(N)C(=O)O)CC2)cc(Cl)n1. The molecule has 1 heterocycles. The van der Waals surface area contributed by atoms with E-state index >= 15 is 0 Å². The van der Waals surface area contributed by atoms with Crippen LogP contribution in [0.4, 0.5) is 0 Å². The summed E-state index contributed by atoms with van der Waals surface area (Å²) in [5.41, 5.74) is 6.96. The molecule has 0 radical (unpaired) electrons. The van der Waals surface area contributed by atoms with Crippen LogP contribution in [0.25, 0.3) is 0 Å². The lowest BCUT2D eigenvalue weighted by Crippen LogP contribution is -2.42. The van der Waals surface area contributed by atoms with Gasteiger partial charge in [0, 0.05) is 11.1 Å². The van der Waals surface area contributed by atoms with Gasteiger partial charge in [-0.3, -0.25) is 4.79 Å². The monoisotopic (exact) mass is 240 g/mol. The Hall–Kier alpha value is -1.13. The average Bonchev–Trinajstić information content (AvgIpc) is 2.95. The first-order valence-electron chi connectivity index (χ1n) is 5.09. The fourth-order valence-corrected chi connectivity index (χ4v) is 2.32. The van der Waals surface area contributed by atoms with E-state index in [-0.39, 0.29) is 0 Å². The number of aryl methyl sites for hydroxylation is 1. The fraction of sp³-hybridized carbons (Fsp3) is 0.455. The van der Waals surface area contributed by atoms with Crippen LogP contribution < -0.4 is 5.73 Å². The van der Waals surface area contributed by atoms with Crippen LogP contribution in [0.15, 0.2) is 12.1 Å². The molecule has 1 aromatic heterocycles. The van der Waals surface area contributed by atoms with Gasteiger partial charge in [-0.25, -0.2) is 4.98 Å². The molecule has 1 aromatic rings. The van der Waals surface area contributed by atoms with Gasteiger partial charge in [0.25, 0.3) is 0 Å². The van der Waals surface area contributed by atoms with Crippen molar-refractivity contribution in [1.29, 1.82) is 0 Å². The number of hydrogen-bond acceptors (Lipinski definition) is 3. The second-order valence-electron chi connectivity index (χ2n) is 4.29. The Morgan fingerprint density at radius 1 is 1.62 bits per heavy atom. The van der Waals surface area contributed by atoms with E-state index in [1.165, 1.54) is 0 Å². The number of pyridine rings is 1. The number of halogens is 1. The molecule has 0 aliphatic heterocycles. The minimum atomic E-state index is -0.969. The fourth-order valence-electron chi connectivity index (χ4n) is 2.07. The van der Waals surface area contributed by atoms with Crippen molar-refractivity contribution in [2.75, 3.05) is 0 Å². The van der Waals surface area contributed by atoms with E-state index in [4.69, 9.17) is 22.4 Å². The molecule has 0 bridgehead atoms. The highest BCUT2D eigenvalue weighted by atomic mass is 35.5. The van der Waals surface area contributed by atoms with Crippen molar-refractivity contribution in [3.8, 4) is 0 Å². The van der Waals surface area contributed by atoms with Crippen LogP contribution in [0.2, 0.25) is 5.15 Å². The zero-order valence-corrected chi connectivity index (χ0v) is 9.66.